The summed E-state index contributed by atoms with van der Waals surface area (Å²) in [5, 5.41) is 16.8. The number of aryl methyl sites for hydroxylation is 1. The van der Waals surface area contributed by atoms with Crippen LogP contribution in [0.15, 0.2) is 6.20 Å². The summed E-state index contributed by atoms with van der Waals surface area (Å²) in [4.78, 5) is 24.8. The predicted molar refractivity (Wildman–Crippen MR) is 93.4 cm³/mol. The fourth-order valence-electron chi connectivity index (χ4n) is 3.89. The first-order valence-corrected chi connectivity index (χ1v) is 9.28. The van der Waals surface area contributed by atoms with Crippen LogP contribution in [0.1, 0.15) is 68.8 Å². The number of rotatable bonds is 5. The Balaban J connectivity index is 1.66. The van der Waals surface area contributed by atoms with Gasteiger partial charge in [0, 0.05) is 19.8 Å². The number of aromatic nitrogens is 2. The molecule has 3 rings (SSSR count). The van der Waals surface area contributed by atoms with Crippen LogP contribution in [-0.2, 0) is 11.2 Å². The van der Waals surface area contributed by atoms with Gasteiger partial charge in [0.15, 0.2) is 0 Å². The molecular formula is C18H28N4O3. The lowest BCUT2D eigenvalue weighted by molar-refractivity contribution is -0.141. The van der Waals surface area contributed by atoms with Crippen molar-refractivity contribution >= 4 is 12.0 Å². The standard InChI is InChI=1S/C18H28N4O3/c1-12(17(23)24)10-21(2)18(25)19-15-9-5-6-13-11-22(20-16(13)15)14-7-3-4-8-14/h11-12,14-15H,3-10H2,1-2H3,(H,19,25)(H,23,24). The highest BCUT2D eigenvalue weighted by Gasteiger charge is 2.29. The van der Waals surface area contributed by atoms with Gasteiger partial charge in [-0.2, -0.15) is 5.10 Å². The maximum atomic E-state index is 12.4. The molecule has 1 aromatic rings. The van der Waals surface area contributed by atoms with Crippen molar-refractivity contribution in [2.24, 2.45) is 5.92 Å². The summed E-state index contributed by atoms with van der Waals surface area (Å²) in [6, 6.07) is 0.184. The lowest BCUT2D eigenvalue weighted by Gasteiger charge is -2.26. The van der Waals surface area contributed by atoms with Crippen LogP contribution in [0.5, 0.6) is 0 Å². The van der Waals surface area contributed by atoms with Crippen LogP contribution in [0.25, 0.3) is 0 Å². The van der Waals surface area contributed by atoms with Crippen molar-refractivity contribution < 1.29 is 14.7 Å². The van der Waals surface area contributed by atoms with Crippen molar-refractivity contribution in [2.45, 2.75) is 64.0 Å². The second-order valence-corrected chi connectivity index (χ2v) is 7.47. The number of carboxylic acids is 1. The fraction of sp³-hybridized carbons (Fsp3) is 0.722. The summed E-state index contributed by atoms with van der Waals surface area (Å²) in [5.74, 6) is -1.48. The maximum Gasteiger partial charge on any atom is 0.317 e. The summed E-state index contributed by atoms with van der Waals surface area (Å²) in [7, 11) is 1.63. The van der Waals surface area contributed by atoms with Crippen LogP contribution in [-0.4, -0.2) is 45.4 Å². The van der Waals surface area contributed by atoms with Gasteiger partial charge in [0.05, 0.1) is 23.7 Å². The molecule has 1 heterocycles. The average Bonchev–Trinajstić information content (AvgIpc) is 3.24. The first-order chi connectivity index (χ1) is 12.0. The SMILES string of the molecule is CC(CN(C)C(=O)NC1CCCc2cn(C3CCCC3)nc21)C(=O)O. The molecule has 2 atom stereocenters. The zero-order chi connectivity index (χ0) is 18.0. The van der Waals surface area contributed by atoms with E-state index in [9.17, 15) is 9.59 Å². The van der Waals surface area contributed by atoms with Gasteiger partial charge in [-0.05, 0) is 37.7 Å². The molecule has 1 fully saturated rings. The first kappa shape index (κ1) is 17.8. The van der Waals surface area contributed by atoms with Crippen molar-refractivity contribution in [3.63, 3.8) is 0 Å². The first-order valence-electron chi connectivity index (χ1n) is 9.28. The number of urea groups is 1. The largest absolute Gasteiger partial charge is 0.481 e. The van der Waals surface area contributed by atoms with Crippen LogP contribution in [0, 0.1) is 5.92 Å². The molecule has 2 N–H and O–H groups in total. The molecule has 7 heteroatoms. The third-order valence-electron chi connectivity index (χ3n) is 5.42. The van der Waals surface area contributed by atoms with E-state index < -0.39 is 11.9 Å². The summed E-state index contributed by atoms with van der Waals surface area (Å²) in [5.41, 5.74) is 2.23. The molecule has 2 aliphatic rings. The predicted octanol–water partition coefficient (Wildman–Crippen LogP) is 2.74. The third kappa shape index (κ3) is 3.96. The molecule has 0 bridgehead atoms. The Bertz CT molecular complexity index is 636. The fourth-order valence-corrected chi connectivity index (χ4v) is 3.89. The molecule has 2 amide bonds. The van der Waals surface area contributed by atoms with Gasteiger partial charge >= 0.3 is 12.0 Å². The molecule has 0 radical (unpaired) electrons. The Morgan fingerprint density at radius 1 is 1.36 bits per heavy atom. The lowest BCUT2D eigenvalue weighted by atomic mass is 9.94. The molecule has 7 nitrogen and oxygen atoms in total. The van der Waals surface area contributed by atoms with Gasteiger partial charge in [0.2, 0.25) is 0 Å². The quantitative estimate of drug-likeness (QED) is 0.856. The van der Waals surface area contributed by atoms with E-state index in [1.807, 2.05) is 0 Å². The van der Waals surface area contributed by atoms with Gasteiger partial charge in [0.1, 0.15) is 0 Å². The molecule has 0 saturated heterocycles. The monoisotopic (exact) mass is 348 g/mol. The average molecular weight is 348 g/mol. The number of fused-ring (bicyclic) bond motifs is 1. The van der Waals surface area contributed by atoms with Crippen molar-refractivity contribution in [3.8, 4) is 0 Å². The number of nitrogens with one attached hydrogen (secondary N) is 1. The van der Waals surface area contributed by atoms with Gasteiger partial charge < -0.3 is 15.3 Å². The highest BCUT2D eigenvalue weighted by Crippen LogP contribution is 2.33. The summed E-state index contributed by atoms with van der Waals surface area (Å²) in [6.45, 7) is 1.80. The molecule has 0 spiro atoms. The smallest absolute Gasteiger partial charge is 0.317 e. The van der Waals surface area contributed by atoms with E-state index in [0.29, 0.717) is 6.04 Å². The summed E-state index contributed by atoms with van der Waals surface area (Å²) in [6.07, 6.45) is 10.00. The van der Waals surface area contributed by atoms with E-state index in [0.717, 1.165) is 25.0 Å². The van der Waals surface area contributed by atoms with Crippen LogP contribution in [0.4, 0.5) is 4.79 Å². The van der Waals surface area contributed by atoms with Crippen molar-refractivity contribution in [1.29, 1.82) is 0 Å². The van der Waals surface area contributed by atoms with Crippen LogP contribution >= 0.6 is 0 Å². The number of carboxylic acid groups (broad SMARTS) is 1. The Morgan fingerprint density at radius 2 is 2.08 bits per heavy atom. The van der Waals surface area contributed by atoms with Crippen LogP contribution in [0.2, 0.25) is 0 Å². The summed E-state index contributed by atoms with van der Waals surface area (Å²) >= 11 is 0. The minimum atomic E-state index is -0.894. The number of amides is 2. The van der Waals surface area contributed by atoms with Gasteiger partial charge in [-0.3, -0.25) is 9.48 Å². The van der Waals surface area contributed by atoms with Crippen molar-refractivity contribution in [3.05, 3.63) is 17.5 Å². The highest BCUT2D eigenvalue weighted by molar-refractivity contribution is 5.76. The van der Waals surface area contributed by atoms with Crippen molar-refractivity contribution in [1.82, 2.24) is 20.0 Å². The second kappa shape index (κ2) is 7.45. The molecule has 1 aromatic heterocycles. The molecule has 0 aliphatic heterocycles. The van der Waals surface area contributed by atoms with E-state index in [1.165, 1.54) is 36.1 Å². The Kier molecular flexibility index (Phi) is 5.30. The Hall–Kier alpha value is -2.05. The number of hydrogen-bond acceptors (Lipinski definition) is 3. The molecular weight excluding hydrogens is 320 g/mol. The number of carbonyl (C=O) groups excluding carboxylic acids is 1. The van der Waals surface area contributed by atoms with Gasteiger partial charge in [-0.15, -0.1) is 0 Å². The van der Waals surface area contributed by atoms with Crippen LogP contribution < -0.4 is 5.32 Å². The van der Waals surface area contributed by atoms with E-state index in [-0.39, 0.29) is 18.6 Å². The maximum absolute atomic E-state index is 12.4. The van der Waals surface area contributed by atoms with Gasteiger partial charge in [-0.25, -0.2) is 4.79 Å². The lowest BCUT2D eigenvalue weighted by Crippen LogP contribution is -2.43. The number of carbonyl (C=O) groups is 2. The highest BCUT2D eigenvalue weighted by atomic mass is 16.4. The van der Waals surface area contributed by atoms with Gasteiger partial charge in [-0.1, -0.05) is 19.8 Å². The molecule has 25 heavy (non-hydrogen) atoms. The summed E-state index contributed by atoms with van der Waals surface area (Å²) < 4.78 is 2.11. The van der Waals surface area contributed by atoms with Crippen molar-refractivity contribution in [2.75, 3.05) is 13.6 Å². The normalized spacial score (nSPS) is 21.6. The Labute approximate surface area is 148 Å². The molecule has 0 aromatic carbocycles. The topological polar surface area (TPSA) is 87.5 Å². The van der Waals surface area contributed by atoms with Gasteiger partial charge in [0.25, 0.3) is 0 Å². The zero-order valence-corrected chi connectivity index (χ0v) is 15.1. The second-order valence-electron chi connectivity index (χ2n) is 7.47. The zero-order valence-electron chi connectivity index (χ0n) is 15.1. The molecule has 2 unspecified atom stereocenters. The number of aliphatic carboxylic acids is 1. The van der Waals surface area contributed by atoms with E-state index in [2.05, 4.69) is 16.2 Å². The minimum Gasteiger partial charge on any atom is -0.481 e. The molecule has 138 valence electrons. The van der Waals surface area contributed by atoms with Crippen LogP contribution in [0.3, 0.4) is 0 Å². The van der Waals surface area contributed by atoms with E-state index >= 15 is 0 Å². The van der Waals surface area contributed by atoms with E-state index in [4.69, 9.17) is 10.2 Å². The number of hydrogen-bond donors (Lipinski definition) is 2. The molecule has 1 saturated carbocycles. The van der Waals surface area contributed by atoms with E-state index in [1.54, 1.807) is 14.0 Å². The minimum absolute atomic E-state index is 0.0820. The molecule has 2 aliphatic carbocycles. The Morgan fingerprint density at radius 3 is 2.76 bits per heavy atom. The number of nitrogens with zero attached hydrogens (tertiary/aromatic N) is 3. The third-order valence-corrected chi connectivity index (χ3v) is 5.42.